The van der Waals surface area contributed by atoms with Crippen molar-refractivity contribution < 1.29 is 0 Å². The third kappa shape index (κ3) is 9.27. The monoisotopic (exact) mass is 783 g/mol. The predicted octanol–water partition coefficient (Wildman–Crippen LogP) is 11.3. The number of hydrogen-bond acceptors (Lipinski definition) is 7. The summed E-state index contributed by atoms with van der Waals surface area (Å²) in [5.74, 6) is 3.31. The average molecular weight is 784 g/mol. The summed E-state index contributed by atoms with van der Waals surface area (Å²) in [6, 6.07) is 68.2. The first-order valence-electron chi connectivity index (χ1n) is 21.0. The molecular weight excluding hydrogens is 735 g/mol. The van der Waals surface area contributed by atoms with E-state index in [-0.39, 0.29) is 23.7 Å². The Bertz CT molecular complexity index is 2240. The van der Waals surface area contributed by atoms with Crippen molar-refractivity contribution in [3.63, 3.8) is 0 Å². The maximum Gasteiger partial charge on any atom is 0.225 e. The smallest absolute Gasteiger partial charge is 0.225 e. The molecule has 1 aliphatic rings. The summed E-state index contributed by atoms with van der Waals surface area (Å²) < 4.78 is 0. The summed E-state index contributed by atoms with van der Waals surface area (Å²) in [7, 11) is 0. The van der Waals surface area contributed by atoms with E-state index in [0.29, 0.717) is 25.6 Å². The summed E-state index contributed by atoms with van der Waals surface area (Å²) in [5.41, 5.74) is 9.40. The molecule has 2 heterocycles. The molecule has 2 atom stereocenters. The van der Waals surface area contributed by atoms with Gasteiger partial charge in [0.15, 0.2) is 0 Å². The Morgan fingerprint density at radius 2 is 0.717 bits per heavy atom. The number of benzene rings is 6. The first kappa shape index (κ1) is 38.4. The van der Waals surface area contributed by atoms with Gasteiger partial charge in [-0.05, 0) is 39.8 Å². The third-order valence-corrected chi connectivity index (χ3v) is 11.5. The van der Waals surface area contributed by atoms with E-state index in [0.717, 1.165) is 41.7 Å². The molecule has 60 heavy (non-hydrogen) atoms. The predicted molar refractivity (Wildman–Crippen MR) is 243 cm³/mol. The van der Waals surface area contributed by atoms with Crippen molar-refractivity contribution in [2.75, 3.05) is 16.0 Å². The highest BCUT2D eigenvalue weighted by molar-refractivity contribution is 5.52. The fourth-order valence-electron chi connectivity index (χ4n) is 8.62. The van der Waals surface area contributed by atoms with Crippen molar-refractivity contribution >= 4 is 17.6 Å². The number of nitrogens with zero attached hydrogens (tertiary/aromatic N) is 4. The SMILES string of the molecule is c1ccc(CCc2nc(NCc3ccccc3)cc(C3[C@@H](c4ccccc4)C(c4cc(NCc5ccccc5)nc(NCc5ccccc5)n4)[C@@H]3c3ccccc3)n2)cc1. The Morgan fingerprint density at radius 1 is 0.333 bits per heavy atom. The molecule has 0 aliphatic heterocycles. The lowest BCUT2D eigenvalue weighted by Crippen LogP contribution is -2.41. The van der Waals surface area contributed by atoms with E-state index in [9.17, 15) is 0 Å². The first-order valence-corrected chi connectivity index (χ1v) is 21.0. The van der Waals surface area contributed by atoms with Crippen LogP contribution in [-0.4, -0.2) is 19.9 Å². The van der Waals surface area contributed by atoms with Gasteiger partial charge in [0.1, 0.15) is 17.5 Å². The molecule has 0 unspecified atom stereocenters. The molecule has 9 rings (SSSR count). The molecule has 1 aliphatic carbocycles. The van der Waals surface area contributed by atoms with Crippen molar-refractivity contribution in [3.05, 3.63) is 245 Å². The van der Waals surface area contributed by atoms with Crippen LogP contribution >= 0.6 is 0 Å². The lowest BCUT2D eigenvalue weighted by Gasteiger charge is -2.52. The standard InChI is InChI=1S/C53H49N7/c1-7-19-38(20-8-1)31-32-46-57-44(33-47(59-46)54-35-39-21-9-2-10-22-39)51-49(42-27-15-5-16-28-42)52(50(51)43-29-17-6-18-30-43)45-34-48(55-36-40-23-11-3-12-24-40)60-53(58-45)56-37-41-25-13-4-14-26-41/h1-30,33-34,49-52H,31-32,35-37H2,(H,54,57,59)(H2,55,56,58,60)/t49-,50-,51?,52?/m1/s1. The lowest BCUT2D eigenvalue weighted by atomic mass is 9.50. The summed E-state index contributed by atoms with van der Waals surface area (Å²) in [5, 5.41) is 10.9. The Labute approximate surface area is 353 Å². The molecule has 2 aromatic heterocycles. The molecule has 8 aromatic rings. The molecule has 296 valence electrons. The van der Waals surface area contributed by atoms with Crippen LogP contribution in [0.2, 0.25) is 0 Å². The summed E-state index contributed by atoms with van der Waals surface area (Å²) in [4.78, 5) is 21.0. The van der Waals surface area contributed by atoms with Crippen molar-refractivity contribution in [2.24, 2.45) is 0 Å². The minimum absolute atomic E-state index is 0.0285. The van der Waals surface area contributed by atoms with Crippen LogP contribution in [0, 0.1) is 0 Å². The van der Waals surface area contributed by atoms with E-state index >= 15 is 0 Å². The first-order chi connectivity index (χ1) is 29.7. The molecule has 0 spiro atoms. The second-order valence-corrected chi connectivity index (χ2v) is 15.5. The zero-order valence-corrected chi connectivity index (χ0v) is 33.6. The van der Waals surface area contributed by atoms with Gasteiger partial charge < -0.3 is 16.0 Å². The highest BCUT2D eigenvalue weighted by Crippen LogP contribution is 2.66. The molecule has 6 aromatic carbocycles. The van der Waals surface area contributed by atoms with Gasteiger partial charge in [-0.1, -0.05) is 182 Å². The van der Waals surface area contributed by atoms with Crippen molar-refractivity contribution in [1.82, 2.24) is 19.9 Å². The number of aromatic nitrogens is 4. The summed E-state index contributed by atoms with van der Waals surface area (Å²) in [6.07, 6.45) is 1.59. The highest BCUT2D eigenvalue weighted by atomic mass is 15.1. The molecule has 0 saturated heterocycles. The zero-order valence-electron chi connectivity index (χ0n) is 33.6. The second-order valence-electron chi connectivity index (χ2n) is 15.5. The quantitative estimate of drug-likeness (QED) is 0.0899. The molecule has 0 amide bonds. The molecule has 7 nitrogen and oxygen atoms in total. The average Bonchev–Trinajstić information content (AvgIpc) is 3.30. The van der Waals surface area contributed by atoms with Crippen molar-refractivity contribution in [1.29, 1.82) is 0 Å². The second kappa shape index (κ2) is 18.6. The van der Waals surface area contributed by atoms with Crippen LogP contribution in [0.25, 0.3) is 0 Å². The topological polar surface area (TPSA) is 87.7 Å². The van der Waals surface area contributed by atoms with Gasteiger partial charge in [0.05, 0.1) is 11.4 Å². The zero-order chi connectivity index (χ0) is 40.4. The molecular formula is C53H49N7. The normalized spacial score (nSPS) is 17.0. The Morgan fingerprint density at radius 3 is 1.18 bits per heavy atom. The van der Waals surface area contributed by atoms with Crippen molar-refractivity contribution in [3.8, 4) is 0 Å². The molecule has 1 fully saturated rings. The van der Waals surface area contributed by atoms with Crippen molar-refractivity contribution in [2.45, 2.75) is 56.1 Å². The maximum absolute atomic E-state index is 5.46. The van der Waals surface area contributed by atoms with Gasteiger partial charge >= 0.3 is 0 Å². The van der Waals surface area contributed by atoms with Crippen LogP contribution in [0.5, 0.6) is 0 Å². The van der Waals surface area contributed by atoms with Crippen LogP contribution in [0.15, 0.2) is 194 Å². The van der Waals surface area contributed by atoms with Crippen LogP contribution in [0.3, 0.4) is 0 Å². The van der Waals surface area contributed by atoms with E-state index in [1.54, 1.807) is 0 Å². The molecule has 0 bridgehead atoms. The minimum Gasteiger partial charge on any atom is -0.366 e. The molecule has 7 heteroatoms. The fourth-order valence-corrected chi connectivity index (χ4v) is 8.62. The number of hydrogen-bond donors (Lipinski definition) is 3. The minimum atomic E-state index is 0.0285. The van der Waals surface area contributed by atoms with E-state index in [1.165, 1.54) is 33.4 Å². The van der Waals surface area contributed by atoms with Gasteiger partial charge in [-0.3, -0.25) is 0 Å². The number of anilines is 3. The molecule has 1 saturated carbocycles. The van der Waals surface area contributed by atoms with E-state index in [1.807, 2.05) is 12.1 Å². The van der Waals surface area contributed by atoms with Crippen LogP contribution in [0.1, 0.15) is 74.3 Å². The van der Waals surface area contributed by atoms with Crippen LogP contribution in [-0.2, 0) is 32.5 Å². The lowest BCUT2D eigenvalue weighted by molar-refractivity contribution is 0.219. The van der Waals surface area contributed by atoms with Crippen LogP contribution in [0.4, 0.5) is 17.6 Å². The van der Waals surface area contributed by atoms with E-state index in [2.05, 4.69) is 198 Å². The Hall–Kier alpha value is -7.12. The maximum atomic E-state index is 5.46. The number of nitrogens with one attached hydrogen (secondary N) is 3. The molecule has 3 N–H and O–H groups in total. The fraction of sp³-hybridized carbons (Fsp3) is 0.170. The summed E-state index contributed by atoms with van der Waals surface area (Å²) >= 11 is 0. The van der Waals surface area contributed by atoms with Gasteiger partial charge in [-0.15, -0.1) is 0 Å². The number of aryl methyl sites for hydroxylation is 2. The van der Waals surface area contributed by atoms with Gasteiger partial charge in [-0.2, -0.15) is 4.98 Å². The third-order valence-electron chi connectivity index (χ3n) is 11.5. The van der Waals surface area contributed by atoms with Gasteiger partial charge in [0.25, 0.3) is 0 Å². The number of rotatable bonds is 16. The Kier molecular flexibility index (Phi) is 11.9. The van der Waals surface area contributed by atoms with Gasteiger partial charge in [-0.25, -0.2) is 15.0 Å². The van der Waals surface area contributed by atoms with E-state index in [4.69, 9.17) is 19.9 Å². The van der Waals surface area contributed by atoms with E-state index < -0.39 is 0 Å². The van der Waals surface area contributed by atoms with Gasteiger partial charge in [0.2, 0.25) is 5.95 Å². The molecule has 0 radical (unpaired) electrons. The Balaban J connectivity index is 1.14. The highest BCUT2D eigenvalue weighted by Gasteiger charge is 2.54. The largest absolute Gasteiger partial charge is 0.366 e. The van der Waals surface area contributed by atoms with Crippen LogP contribution < -0.4 is 16.0 Å². The summed E-state index contributed by atoms with van der Waals surface area (Å²) in [6.45, 7) is 1.94. The van der Waals surface area contributed by atoms with Gasteiger partial charge in [0, 0.05) is 61.9 Å².